The molecule has 33 heavy (non-hydrogen) atoms. The van der Waals surface area contributed by atoms with E-state index in [0.717, 1.165) is 47.4 Å². The fraction of sp³-hybridized carbons (Fsp3) is 0.273. The fourth-order valence-corrected chi connectivity index (χ4v) is 5.97. The molecule has 0 aliphatic carbocycles. The monoisotopic (exact) mass is 489 g/mol. The van der Waals surface area contributed by atoms with Gasteiger partial charge < -0.3 is 19.5 Å². The van der Waals surface area contributed by atoms with Crippen LogP contribution in [0.25, 0.3) is 16.3 Å². The van der Waals surface area contributed by atoms with E-state index in [1.807, 2.05) is 0 Å². The molecule has 0 spiro atoms. The summed E-state index contributed by atoms with van der Waals surface area (Å²) in [5, 5.41) is 9.84. The highest BCUT2D eigenvalue weighted by atomic mass is 32.2. The lowest BCUT2D eigenvalue weighted by Gasteiger charge is -2.15. The lowest BCUT2D eigenvalue weighted by molar-refractivity contribution is -0.131. The Hall–Kier alpha value is -3.31. The van der Waals surface area contributed by atoms with Crippen molar-refractivity contribution in [3.8, 4) is 11.5 Å². The van der Waals surface area contributed by atoms with Gasteiger partial charge in [0.25, 0.3) is 10.0 Å². The van der Waals surface area contributed by atoms with Gasteiger partial charge in [0.15, 0.2) is 16.6 Å². The second-order valence-corrected chi connectivity index (χ2v) is 10.1. The van der Waals surface area contributed by atoms with Crippen LogP contribution in [0.15, 0.2) is 41.3 Å². The van der Waals surface area contributed by atoms with Crippen LogP contribution in [-0.2, 0) is 14.8 Å². The Labute approximate surface area is 195 Å². The Bertz CT molecular complexity index is 1330. The van der Waals surface area contributed by atoms with Crippen molar-refractivity contribution in [3.05, 3.63) is 42.0 Å². The van der Waals surface area contributed by atoms with E-state index in [0.29, 0.717) is 11.3 Å². The zero-order valence-corrected chi connectivity index (χ0v) is 19.7. The second-order valence-electron chi connectivity index (χ2n) is 7.40. The molecule has 0 atom stereocenters. The number of nitrogens with zero attached hydrogens (tertiary/aromatic N) is 2. The lowest BCUT2D eigenvalue weighted by atomic mass is 10.2. The number of nitrogens with one attached hydrogen (secondary N) is 1. The van der Waals surface area contributed by atoms with Crippen LogP contribution in [0.5, 0.6) is 11.5 Å². The zero-order chi connectivity index (χ0) is 23.6. The quantitative estimate of drug-likeness (QED) is 0.459. The van der Waals surface area contributed by atoms with Gasteiger partial charge in [-0.3, -0.25) is 4.72 Å². The van der Waals surface area contributed by atoms with Crippen molar-refractivity contribution in [2.24, 2.45) is 0 Å². The first kappa shape index (κ1) is 22.9. The number of carboxylic acid groups (broad SMARTS) is 1. The molecular weight excluding hydrogens is 466 g/mol. The summed E-state index contributed by atoms with van der Waals surface area (Å²) in [7, 11) is -1.37. The number of carbonyl (C=O) groups is 1. The number of ether oxygens (including phenoxy) is 2. The molecule has 0 saturated carbocycles. The Balaban J connectivity index is 1.69. The van der Waals surface area contributed by atoms with E-state index < -0.39 is 16.0 Å². The van der Waals surface area contributed by atoms with E-state index in [9.17, 15) is 13.2 Å². The predicted molar refractivity (Wildman–Crippen MR) is 128 cm³/mol. The van der Waals surface area contributed by atoms with Crippen molar-refractivity contribution in [2.75, 3.05) is 36.9 Å². The zero-order valence-electron chi connectivity index (χ0n) is 18.1. The van der Waals surface area contributed by atoms with Gasteiger partial charge in [0.05, 0.1) is 30.1 Å². The molecule has 1 aliphatic rings. The highest BCUT2D eigenvalue weighted by Gasteiger charge is 2.24. The number of carboxylic acids is 1. The molecule has 0 radical (unpaired) electrons. The number of thiazole rings is 1. The van der Waals surface area contributed by atoms with Crippen molar-refractivity contribution in [1.82, 2.24) is 4.98 Å². The predicted octanol–water partition coefficient (Wildman–Crippen LogP) is 3.81. The number of fused-ring (bicyclic) bond motifs is 1. The van der Waals surface area contributed by atoms with E-state index in [1.165, 1.54) is 43.8 Å². The third kappa shape index (κ3) is 4.88. The van der Waals surface area contributed by atoms with Crippen molar-refractivity contribution < 1.29 is 27.8 Å². The topological polar surface area (TPSA) is 118 Å². The molecule has 174 valence electrons. The normalized spacial score (nSPS) is 14.2. The number of aliphatic carboxylic acids is 1. The van der Waals surface area contributed by atoms with Crippen LogP contribution in [0.2, 0.25) is 0 Å². The van der Waals surface area contributed by atoms with Gasteiger partial charge in [0, 0.05) is 19.2 Å². The average Bonchev–Trinajstić information content (AvgIpc) is 3.46. The molecule has 3 aromatic rings. The van der Waals surface area contributed by atoms with Gasteiger partial charge in [-0.1, -0.05) is 11.3 Å². The number of sulfonamides is 1. The van der Waals surface area contributed by atoms with Gasteiger partial charge in [-0.2, -0.15) is 0 Å². The summed E-state index contributed by atoms with van der Waals surface area (Å²) in [5.74, 6) is -0.968. The van der Waals surface area contributed by atoms with Crippen molar-refractivity contribution in [2.45, 2.75) is 17.7 Å². The fourth-order valence-electron chi connectivity index (χ4n) is 3.64. The van der Waals surface area contributed by atoms with Gasteiger partial charge in [-0.05, 0) is 54.8 Å². The van der Waals surface area contributed by atoms with E-state index in [1.54, 1.807) is 18.2 Å². The third-order valence-electron chi connectivity index (χ3n) is 5.18. The molecule has 2 aromatic carbocycles. The number of hydrogen-bond donors (Lipinski definition) is 2. The minimum atomic E-state index is -4.09. The maximum Gasteiger partial charge on any atom is 0.328 e. The highest BCUT2D eigenvalue weighted by Crippen LogP contribution is 2.38. The number of methoxy groups -OCH3 is 2. The molecule has 11 heteroatoms. The van der Waals surface area contributed by atoms with Gasteiger partial charge in [0.2, 0.25) is 0 Å². The van der Waals surface area contributed by atoms with E-state index in [4.69, 9.17) is 14.6 Å². The first-order chi connectivity index (χ1) is 15.8. The van der Waals surface area contributed by atoms with Gasteiger partial charge in [0.1, 0.15) is 4.90 Å². The van der Waals surface area contributed by atoms with Crippen molar-refractivity contribution >= 4 is 54.4 Å². The lowest BCUT2D eigenvalue weighted by Crippen LogP contribution is -2.16. The molecule has 0 bridgehead atoms. The van der Waals surface area contributed by atoms with Crippen molar-refractivity contribution in [3.63, 3.8) is 0 Å². The largest absolute Gasteiger partial charge is 0.493 e. The number of benzene rings is 2. The molecule has 2 N–H and O–H groups in total. The molecule has 4 rings (SSSR count). The molecule has 9 nitrogen and oxygen atoms in total. The first-order valence-electron chi connectivity index (χ1n) is 10.2. The minimum absolute atomic E-state index is 0.0210. The van der Waals surface area contributed by atoms with Crippen molar-refractivity contribution in [1.29, 1.82) is 0 Å². The number of rotatable bonds is 8. The van der Waals surface area contributed by atoms with Crippen LogP contribution >= 0.6 is 11.3 Å². The Kier molecular flexibility index (Phi) is 6.43. The average molecular weight is 490 g/mol. The van der Waals surface area contributed by atoms with Crippen LogP contribution in [0.3, 0.4) is 0 Å². The molecule has 1 aromatic heterocycles. The summed E-state index contributed by atoms with van der Waals surface area (Å²) in [6.07, 6.45) is 4.49. The highest BCUT2D eigenvalue weighted by molar-refractivity contribution is 7.92. The van der Waals surface area contributed by atoms with Crippen LogP contribution in [0, 0.1) is 0 Å². The van der Waals surface area contributed by atoms with Gasteiger partial charge >= 0.3 is 5.97 Å². The van der Waals surface area contributed by atoms with E-state index >= 15 is 0 Å². The van der Waals surface area contributed by atoms with Gasteiger partial charge in [-0.25, -0.2) is 18.2 Å². The van der Waals surface area contributed by atoms with Crippen LogP contribution in [0.1, 0.15) is 18.4 Å². The number of hydrogen-bond acceptors (Lipinski definition) is 8. The maximum absolute atomic E-state index is 13.3. The standard InChI is InChI=1S/C22H23N3O6S2/c1-30-17-11-14(5-8-20(26)27)12-19(21(17)31-2)33(28,29)24-15-6-7-16-18(13-15)32-22(23-16)25-9-3-4-10-25/h5-8,11-13,24H,3-4,9-10H2,1-2H3,(H,26,27). The summed E-state index contributed by atoms with van der Waals surface area (Å²) in [5.41, 5.74) is 1.53. The minimum Gasteiger partial charge on any atom is -0.493 e. The second kappa shape index (κ2) is 9.28. The van der Waals surface area contributed by atoms with Gasteiger partial charge in [-0.15, -0.1) is 0 Å². The van der Waals surface area contributed by atoms with E-state index in [-0.39, 0.29) is 16.4 Å². The Morgan fingerprint density at radius 1 is 1.18 bits per heavy atom. The molecular formula is C22H23N3O6S2. The summed E-state index contributed by atoms with van der Waals surface area (Å²) in [4.78, 5) is 17.6. The summed E-state index contributed by atoms with van der Waals surface area (Å²) in [6, 6.07) is 8.03. The molecule has 0 amide bonds. The molecule has 2 heterocycles. The summed E-state index contributed by atoms with van der Waals surface area (Å²) in [6.45, 7) is 1.96. The smallest absolute Gasteiger partial charge is 0.328 e. The first-order valence-corrected chi connectivity index (χ1v) is 12.5. The SMILES string of the molecule is COc1cc(C=CC(=O)O)cc(S(=O)(=O)Nc2ccc3nc(N4CCCC4)sc3c2)c1OC. The number of aromatic nitrogens is 1. The molecule has 1 saturated heterocycles. The van der Waals surface area contributed by atoms with E-state index in [2.05, 4.69) is 14.6 Å². The van der Waals surface area contributed by atoms with Crippen LogP contribution < -0.4 is 19.1 Å². The Morgan fingerprint density at radius 3 is 2.61 bits per heavy atom. The van der Waals surface area contributed by atoms with Crippen LogP contribution in [-0.4, -0.2) is 51.8 Å². The summed E-state index contributed by atoms with van der Waals surface area (Å²) < 4.78 is 40.6. The van der Waals surface area contributed by atoms with Crippen LogP contribution in [0.4, 0.5) is 10.8 Å². The Morgan fingerprint density at radius 2 is 1.94 bits per heavy atom. The molecule has 1 aliphatic heterocycles. The number of anilines is 2. The summed E-state index contributed by atoms with van der Waals surface area (Å²) >= 11 is 1.53. The molecule has 0 unspecified atom stereocenters. The maximum atomic E-state index is 13.3. The molecule has 1 fully saturated rings. The third-order valence-corrected chi connectivity index (χ3v) is 7.65.